The van der Waals surface area contributed by atoms with Crippen molar-refractivity contribution in [3.05, 3.63) is 157 Å². The molecule has 43 heavy (non-hydrogen) atoms. The van der Waals surface area contributed by atoms with Crippen LogP contribution < -0.4 is 0 Å². The lowest BCUT2D eigenvalue weighted by Gasteiger charge is -2.22. The van der Waals surface area contributed by atoms with Crippen molar-refractivity contribution in [2.24, 2.45) is 0 Å². The summed E-state index contributed by atoms with van der Waals surface area (Å²) in [6.07, 6.45) is 2.19. The fourth-order valence-corrected chi connectivity index (χ4v) is 7.39. The Hall–Kier alpha value is -5.34. The van der Waals surface area contributed by atoms with Crippen molar-refractivity contribution in [3.8, 4) is 33.6 Å². The molecule has 2 heteroatoms. The lowest BCUT2D eigenvalue weighted by molar-refractivity contribution is 0.660. The average molecular weight is 551 g/mol. The van der Waals surface area contributed by atoms with Gasteiger partial charge in [-0.25, -0.2) is 0 Å². The van der Waals surface area contributed by atoms with Gasteiger partial charge < -0.3 is 9.13 Å². The predicted octanol–water partition coefficient (Wildman–Crippen LogP) is 10.7. The van der Waals surface area contributed by atoms with Crippen LogP contribution in [0.15, 0.2) is 146 Å². The van der Waals surface area contributed by atoms with E-state index in [0.29, 0.717) is 0 Å². The van der Waals surface area contributed by atoms with Gasteiger partial charge in [0.25, 0.3) is 0 Å². The molecule has 0 fully saturated rings. The monoisotopic (exact) mass is 550 g/mol. The number of rotatable bonds is 3. The molecule has 0 radical (unpaired) electrons. The van der Waals surface area contributed by atoms with E-state index in [4.69, 9.17) is 0 Å². The Bertz CT molecular complexity index is 2310. The van der Waals surface area contributed by atoms with Gasteiger partial charge in [-0.3, -0.25) is 0 Å². The van der Waals surface area contributed by atoms with Crippen LogP contribution in [-0.2, 0) is 5.41 Å². The molecule has 0 aliphatic heterocycles. The van der Waals surface area contributed by atoms with E-state index < -0.39 is 0 Å². The lowest BCUT2D eigenvalue weighted by Crippen LogP contribution is -2.14. The number of para-hydroxylation sites is 2. The van der Waals surface area contributed by atoms with Crippen LogP contribution >= 0.6 is 0 Å². The van der Waals surface area contributed by atoms with Crippen LogP contribution in [0, 0.1) is 0 Å². The molecule has 1 aliphatic rings. The van der Waals surface area contributed by atoms with Gasteiger partial charge in [-0.2, -0.15) is 0 Å². The normalized spacial score (nSPS) is 13.5. The summed E-state index contributed by atoms with van der Waals surface area (Å²) in [6, 6.07) is 51.2. The van der Waals surface area contributed by atoms with Crippen LogP contribution in [0.25, 0.3) is 66.3 Å². The van der Waals surface area contributed by atoms with Gasteiger partial charge in [0, 0.05) is 39.1 Å². The first-order valence-corrected chi connectivity index (χ1v) is 15.0. The van der Waals surface area contributed by atoms with Crippen LogP contribution in [0.2, 0.25) is 0 Å². The zero-order valence-corrected chi connectivity index (χ0v) is 24.3. The lowest BCUT2D eigenvalue weighted by atomic mass is 9.81. The molecule has 1 aliphatic carbocycles. The van der Waals surface area contributed by atoms with Gasteiger partial charge in [0.05, 0.1) is 16.6 Å². The van der Waals surface area contributed by atoms with E-state index in [0.717, 1.165) is 5.69 Å². The number of hydrogen-bond acceptors (Lipinski definition) is 0. The van der Waals surface area contributed by atoms with Gasteiger partial charge in [0.2, 0.25) is 0 Å². The van der Waals surface area contributed by atoms with Crippen LogP contribution in [-0.4, -0.2) is 9.13 Å². The summed E-state index contributed by atoms with van der Waals surface area (Å²) in [4.78, 5) is 0. The highest BCUT2D eigenvalue weighted by Gasteiger charge is 2.35. The SMILES string of the molecule is CC1(C)c2ccccc2-c2ccc(-c3ccc4c(ccn4-c4ccc(-n5c6ccccc6c6ccccc65)cc4)c3)cc21. The molecule has 0 unspecified atom stereocenters. The Kier molecular flexibility index (Phi) is 4.99. The van der Waals surface area contributed by atoms with E-state index in [1.807, 2.05) is 0 Å². The Morgan fingerprint density at radius 1 is 0.465 bits per heavy atom. The maximum absolute atomic E-state index is 2.40. The Labute approximate surface area is 251 Å². The molecule has 0 saturated heterocycles. The predicted molar refractivity (Wildman–Crippen MR) is 181 cm³/mol. The molecule has 9 rings (SSSR count). The molecule has 2 aromatic heterocycles. The first-order chi connectivity index (χ1) is 21.1. The van der Waals surface area contributed by atoms with Crippen molar-refractivity contribution in [2.45, 2.75) is 19.3 Å². The number of nitrogens with zero attached hydrogens (tertiary/aromatic N) is 2. The molecular formula is C41H30N2. The maximum atomic E-state index is 2.40. The molecule has 0 spiro atoms. The van der Waals surface area contributed by atoms with Crippen LogP contribution in [0.4, 0.5) is 0 Å². The van der Waals surface area contributed by atoms with Gasteiger partial charge in [-0.05, 0) is 94.0 Å². The minimum atomic E-state index is 0.000750. The summed E-state index contributed by atoms with van der Waals surface area (Å²) in [7, 11) is 0. The number of aromatic nitrogens is 2. The molecule has 0 amide bonds. The highest BCUT2D eigenvalue weighted by molar-refractivity contribution is 6.09. The van der Waals surface area contributed by atoms with Gasteiger partial charge in [-0.1, -0.05) is 92.7 Å². The van der Waals surface area contributed by atoms with E-state index in [-0.39, 0.29) is 5.41 Å². The summed E-state index contributed by atoms with van der Waals surface area (Å²) in [5.74, 6) is 0. The minimum Gasteiger partial charge on any atom is -0.317 e. The summed E-state index contributed by atoms with van der Waals surface area (Å²) in [6.45, 7) is 4.69. The second-order valence-corrected chi connectivity index (χ2v) is 12.3. The topological polar surface area (TPSA) is 9.86 Å². The van der Waals surface area contributed by atoms with Gasteiger partial charge in [0.1, 0.15) is 0 Å². The summed E-state index contributed by atoms with van der Waals surface area (Å²) in [5.41, 5.74) is 14.1. The molecule has 8 aromatic rings. The third kappa shape index (κ3) is 3.47. The first kappa shape index (κ1) is 24.3. The Morgan fingerprint density at radius 2 is 1.07 bits per heavy atom. The zero-order valence-electron chi connectivity index (χ0n) is 24.3. The maximum Gasteiger partial charge on any atom is 0.0541 e. The summed E-state index contributed by atoms with van der Waals surface area (Å²) < 4.78 is 4.65. The van der Waals surface area contributed by atoms with Crippen LogP contribution in [0.5, 0.6) is 0 Å². The van der Waals surface area contributed by atoms with E-state index in [2.05, 4.69) is 169 Å². The highest BCUT2D eigenvalue weighted by atomic mass is 15.0. The van der Waals surface area contributed by atoms with Crippen LogP contribution in [0.3, 0.4) is 0 Å². The van der Waals surface area contributed by atoms with Crippen LogP contribution in [0.1, 0.15) is 25.0 Å². The molecule has 0 bridgehead atoms. The van der Waals surface area contributed by atoms with Gasteiger partial charge in [0.15, 0.2) is 0 Å². The highest BCUT2D eigenvalue weighted by Crippen LogP contribution is 2.49. The summed E-state index contributed by atoms with van der Waals surface area (Å²) >= 11 is 0. The zero-order chi connectivity index (χ0) is 28.7. The second kappa shape index (κ2) is 8.83. The molecule has 2 nitrogen and oxygen atoms in total. The van der Waals surface area contributed by atoms with Gasteiger partial charge >= 0.3 is 0 Å². The largest absolute Gasteiger partial charge is 0.317 e. The minimum absolute atomic E-state index is 0.000750. The standard InChI is InChI=1S/C41H30N2/c1-41(2)36-12-6-3-9-32(36)33-21-15-28(26-37(33)41)27-16-22-38-29(25-27)23-24-42(38)30-17-19-31(20-18-30)43-39-13-7-4-10-34(39)35-11-5-8-14-40(35)43/h3-26H,1-2H3. The van der Waals surface area contributed by atoms with E-state index in [9.17, 15) is 0 Å². The number of hydrogen-bond donors (Lipinski definition) is 0. The van der Waals surface area contributed by atoms with E-state index in [1.54, 1.807) is 0 Å². The first-order valence-electron chi connectivity index (χ1n) is 15.0. The molecule has 2 heterocycles. The third-order valence-electron chi connectivity index (χ3n) is 9.57. The van der Waals surface area contributed by atoms with Crippen molar-refractivity contribution in [3.63, 3.8) is 0 Å². The Morgan fingerprint density at radius 3 is 1.84 bits per heavy atom. The fourth-order valence-electron chi connectivity index (χ4n) is 7.39. The van der Waals surface area contributed by atoms with E-state index >= 15 is 0 Å². The fraction of sp³-hybridized carbons (Fsp3) is 0.0732. The molecule has 6 aromatic carbocycles. The Balaban J connectivity index is 1.08. The van der Waals surface area contributed by atoms with E-state index in [1.165, 1.54) is 71.8 Å². The smallest absolute Gasteiger partial charge is 0.0541 e. The van der Waals surface area contributed by atoms with Crippen molar-refractivity contribution < 1.29 is 0 Å². The third-order valence-corrected chi connectivity index (χ3v) is 9.57. The molecule has 204 valence electrons. The number of benzene rings is 6. The number of fused-ring (bicyclic) bond motifs is 7. The summed E-state index contributed by atoms with van der Waals surface area (Å²) in [5, 5.41) is 3.81. The molecule has 0 N–H and O–H groups in total. The molecule has 0 saturated carbocycles. The average Bonchev–Trinajstić information content (AvgIpc) is 3.70. The van der Waals surface area contributed by atoms with Gasteiger partial charge in [-0.15, -0.1) is 0 Å². The van der Waals surface area contributed by atoms with Crippen molar-refractivity contribution >= 4 is 32.7 Å². The molecule has 0 atom stereocenters. The van der Waals surface area contributed by atoms with Crippen molar-refractivity contribution in [2.75, 3.05) is 0 Å². The van der Waals surface area contributed by atoms with Crippen molar-refractivity contribution in [1.29, 1.82) is 0 Å². The second-order valence-electron chi connectivity index (χ2n) is 12.3. The van der Waals surface area contributed by atoms with Crippen molar-refractivity contribution in [1.82, 2.24) is 9.13 Å². The molecular weight excluding hydrogens is 520 g/mol. The quantitative estimate of drug-likeness (QED) is 0.207.